The Morgan fingerprint density at radius 3 is 2.35 bits per heavy atom. The van der Waals surface area contributed by atoms with Crippen LogP contribution in [0.5, 0.6) is 0 Å². The summed E-state index contributed by atoms with van der Waals surface area (Å²) in [7, 11) is 0. The average Bonchev–Trinajstić information content (AvgIpc) is 2.83. The summed E-state index contributed by atoms with van der Waals surface area (Å²) in [5.74, 6) is -0.220. The lowest BCUT2D eigenvalue weighted by atomic mass is 10.0. The molecule has 3 aromatic rings. The van der Waals surface area contributed by atoms with E-state index in [1.807, 2.05) is 73.7 Å². The fourth-order valence-electron chi connectivity index (χ4n) is 3.95. The lowest BCUT2D eigenvalue weighted by molar-refractivity contribution is -0.140. The number of benzene rings is 3. The zero-order chi connectivity index (χ0) is 24.3. The molecule has 0 aliphatic rings. The first-order valence-electron chi connectivity index (χ1n) is 11.9. The molecule has 3 rings (SSSR count). The van der Waals surface area contributed by atoms with Gasteiger partial charge in [0.25, 0.3) is 0 Å². The highest BCUT2D eigenvalue weighted by Crippen LogP contribution is 2.19. The SMILES string of the molecule is CCCCNC(=O)[C@H](Cc1ccccc1)N(Cc1ccccc1C)C(=O)Cc1cccc(Cl)c1. The van der Waals surface area contributed by atoms with E-state index in [1.54, 1.807) is 17.0 Å². The van der Waals surface area contributed by atoms with Gasteiger partial charge in [0, 0.05) is 24.5 Å². The van der Waals surface area contributed by atoms with Crippen molar-refractivity contribution in [1.82, 2.24) is 10.2 Å². The maximum Gasteiger partial charge on any atom is 0.243 e. The van der Waals surface area contributed by atoms with Crippen molar-refractivity contribution in [3.05, 3.63) is 106 Å². The van der Waals surface area contributed by atoms with Crippen LogP contribution in [0.1, 0.15) is 42.0 Å². The van der Waals surface area contributed by atoms with E-state index in [0.29, 0.717) is 24.5 Å². The highest BCUT2D eigenvalue weighted by atomic mass is 35.5. The molecule has 2 amide bonds. The van der Waals surface area contributed by atoms with Gasteiger partial charge < -0.3 is 10.2 Å². The van der Waals surface area contributed by atoms with Crippen LogP contribution in [0.25, 0.3) is 0 Å². The lowest BCUT2D eigenvalue weighted by Gasteiger charge is -2.32. The van der Waals surface area contributed by atoms with Gasteiger partial charge in [-0.3, -0.25) is 9.59 Å². The van der Waals surface area contributed by atoms with E-state index in [2.05, 4.69) is 12.2 Å². The number of carbonyl (C=O) groups excluding carboxylic acids is 2. The van der Waals surface area contributed by atoms with Crippen LogP contribution in [0.2, 0.25) is 5.02 Å². The predicted octanol–water partition coefficient (Wildman–Crippen LogP) is 5.75. The second kappa shape index (κ2) is 13.0. The minimum atomic E-state index is -0.620. The molecule has 0 saturated carbocycles. The van der Waals surface area contributed by atoms with Gasteiger partial charge in [-0.25, -0.2) is 0 Å². The van der Waals surface area contributed by atoms with Gasteiger partial charge >= 0.3 is 0 Å². The molecule has 1 atom stereocenters. The average molecular weight is 477 g/mol. The molecule has 1 N–H and O–H groups in total. The summed E-state index contributed by atoms with van der Waals surface area (Å²) in [5.41, 5.74) is 3.97. The Bertz CT molecular complexity index is 1080. The van der Waals surface area contributed by atoms with E-state index in [-0.39, 0.29) is 18.2 Å². The third kappa shape index (κ3) is 7.46. The molecule has 0 radical (unpaired) electrons. The molecule has 0 aliphatic heterocycles. The smallest absolute Gasteiger partial charge is 0.243 e. The molecule has 34 heavy (non-hydrogen) atoms. The number of rotatable bonds is 11. The standard InChI is InChI=1S/C29H33ClN2O2/c1-3-4-17-31-29(34)27(19-23-12-6-5-7-13-23)32(21-25-15-9-8-11-22(25)2)28(33)20-24-14-10-16-26(30)18-24/h5-16,18,27H,3-4,17,19-21H2,1-2H3,(H,31,34)/t27-/m0/s1. The number of unbranched alkanes of at least 4 members (excludes halogenated alkanes) is 1. The minimum absolute atomic E-state index is 0.0999. The Morgan fingerprint density at radius 1 is 0.941 bits per heavy atom. The first kappa shape index (κ1) is 25.5. The monoisotopic (exact) mass is 476 g/mol. The van der Waals surface area contributed by atoms with Crippen LogP contribution >= 0.6 is 11.6 Å². The Hall–Kier alpha value is -3.11. The van der Waals surface area contributed by atoms with Gasteiger partial charge in [0.05, 0.1) is 6.42 Å². The van der Waals surface area contributed by atoms with Crippen molar-refractivity contribution in [2.45, 2.75) is 52.1 Å². The Morgan fingerprint density at radius 2 is 1.65 bits per heavy atom. The number of hydrogen-bond acceptors (Lipinski definition) is 2. The molecular formula is C29H33ClN2O2. The maximum atomic E-state index is 13.7. The molecular weight excluding hydrogens is 444 g/mol. The summed E-state index contributed by atoms with van der Waals surface area (Å²) >= 11 is 6.16. The van der Waals surface area contributed by atoms with Crippen molar-refractivity contribution in [3.63, 3.8) is 0 Å². The van der Waals surface area contributed by atoms with Crippen molar-refractivity contribution >= 4 is 23.4 Å². The quantitative estimate of drug-likeness (QED) is 0.358. The Balaban J connectivity index is 1.95. The van der Waals surface area contributed by atoms with Crippen molar-refractivity contribution in [3.8, 4) is 0 Å². The molecule has 5 heteroatoms. The van der Waals surface area contributed by atoms with Gasteiger partial charge in [-0.15, -0.1) is 0 Å². The summed E-state index contributed by atoms with van der Waals surface area (Å²) < 4.78 is 0. The number of amides is 2. The summed E-state index contributed by atoms with van der Waals surface area (Å²) in [4.78, 5) is 28.9. The van der Waals surface area contributed by atoms with E-state index < -0.39 is 6.04 Å². The zero-order valence-corrected chi connectivity index (χ0v) is 20.7. The molecule has 178 valence electrons. The fraction of sp³-hybridized carbons (Fsp3) is 0.310. The Kier molecular flexibility index (Phi) is 9.72. The molecule has 0 unspecified atom stereocenters. The van der Waals surface area contributed by atoms with Crippen LogP contribution in [-0.2, 0) is 29.0 Å². The summed E-state index contributed by atoms with van der Waals surface area (Å²) in [6, 6.07) is 24.6. The van der Waals surface area contributed by atoms with Crippen LogP contribution < -0.4 is 5.32 Å². The van der Waals surface area contributed by atoms with Gasteiger partial charge in [0.15, 0.2) is 0 Å². The maximum absolute atomic E-state index is 13.7. The van der Waals surface area contributed by atoms with Gasteiger partial charge in [0.2, 0.25) is 11.8 Å². The normalized spacial score (nSPS) is 11.6. The van der Waals surface area contributed by atoms with Crippen molar-refractivity contribution in [2.75, 3.05) is 6.54 Å². The largest absolute Gasteiger partial charge is 0.354 e. The van der Waals surface area contributed by atoms with Crippen molar-refractivity contribution in [2.24, 2.45) is 0 Å². The van der Waals surface area contributed by atoms with Crippen molar-refractivity contribution < 1.29 is 9.59 Å². The van der Waals surface area contributed by atoms with E-state index in [4.69, 9.17) is 11.6 Å². The van der Waals surface area contributed by atoms with Crippen molar-refractivity contribution in [1.29, 1.82) is 0 Å². The second-order valence-corrected chi connectivity index (χ2v) is 9.04. The molecule has 0 bridgehead atoms. The molecule has 0 saturated heterocycles. The van der Waals surface area contributed by atoms with Crippen LogP contribution in [-0.4, -0.2) is 29.3 Å². The zero-order valence-electron chi connectivity index (χ0n) is 20.0. The number of hydrogen-bond donors (Lipinski definition) is 1. The number of nitrogens with zero attached hydrogens (tertiary/aromatic N) is 1. The summed E-state index contributed by atoms with van der Waals surface area (Å²) in [5, 5.41) is 3.65. The lowest BCUT2D eigenvalue weighted by Crippen LogP contribution is -2.51. The topological polar surface area (TPSA) is 49.4 Å². The number of halogens is 1. The van der Waals surface area contributed by atoms with E-state index >= 15 is 0 Å². The molecule has 4 nitrogen and oxygen atoms in total. The fourth-order valence-corrected chi connectivity index (χ4v) is 4.17. The highest BCUT2D eigenvalue weighted by Gasteiger charge is 2.30. The Labute approximate surface area is 207 Å². The first-order chi connectivity index (χ1) is 16.5. The van der Waals surface area contributed by atoms with Crippen LogP contribution in [0.4, 0.5) is 0 Å². The van der Waals surface area contributed by atoms with Gasteiger partial charge in [0.1, 0.15) is 6.04 Å². The highest BCUT2D eigenvalue weighted by molar-refractivity contribution is 6.30. The van der Waals surface area contributed by atoms with E-state index in [0.717, 1.165) is 35.1 Å². The molecule has 0 aromatic heterocycles. The number of carbonyl (C=O) groups is 2. The summed E-state index contributed by atoms with van der Waals surface area (Å²) in [6.07, 6.45) is 2.52. The van der Waals surface area contributed by atoms with Gasteiger partial charge in [-0.2, -0.15) is 0 Å². The third-order valence-electron chi connectivity index (χ3n) is 5.95. The second-order valence-electron chi connectivity index (χ2n) is 8.60. The van der Waals surface area contributed by atoms with Crippen LogP contribution in [0.3, 0.4) is 0 Å². The van der Waals surface area contributed by atoms with Gasteiger partial charge in [-0.05, 0) is 47.7 Å². The molecule has 0 aliphatic carbocycles. The van der Waals surface area contributed by atoms with Gasteiger partial charge in [-0.1, -0.05) is 91.7 Å². The van der Waals surface area contributed by atoms with Crippen LogP contribution in [0, 0.1) is 6.92 Å². The first-order valence-corrected chi connectivity index (χ1v) is 12.3. The number of nitrogens with one attached hydrogen (secondary N) is 1. The van der Waals surface area contributed by atoms with E-state index in [9.17, 15) is 9.59 Å². The molecule has 0 fully saturated rings. The molecule has 0 heterocycles. The molecule has 3 aromatic carbocycles. The number of aryl methyl sites for hydroxylation is 1. The van der Waals surface area contributed by atoms with E-state index in [1.165, 1.54) is 0 Å². The molecule has 0 spiro atoms. The third-order valence-corrected chi connectivity index (χ3v) is 6.18. The summed E-state index contributed by atoms with van der Waals surface area (Å²) in [6.45, 7) is 5.08. The predicted molar refractivity (Wildman–Crippen MR) is 139 cm³/mol. The van der Waals surface area contributed by atoms with Crippen LogP contribution in [0.15, 0.2) is 78.9 Å². The minimum Gasteiger partial charge on any atom is -0.354 e.